The summed E-state index contributed by atoms with van der Waals surface area (Å²) in [6.45, 7) is 0. The van der Waals surface area contributed by atoms with Gasteiger partial charge in [-0.15, -0.1) is 0 Å². The molecule has 0 aliphatic heterocycles. The fourth-order valence-electron chi connectivity index (χ4n) is 1.40. The molecule has 0 heterocycles. The van der Waals surface area contributed by atoms with Gasteiger partial charge >= 0.3 is 12.1 Å². The van der Waals surface area contributed by atoms with Crippen molar-refractivity contribution in [2.45, 2.75) is 0 Å². The lowest BCUT2D eigenvalue weighted by Gasteiger charge is -2.14. The number of anilines is 1. The molecule has 1 aromatic rings. The molecule has 0 aliphatic carbocycles. The van der Waals surface area contributed by atoms with E-state index in [1.54, 1.807) is 0 Å². The van der Waals surface area contributed by atoms with Crippen LogP contribution in [0.3, 0.4) is 0 Å². The number of hydrogen-bond donors (Lipinski definition) is 2. The highest BCUT2D eigenvalue weighted by Crippen LogP contribution is 2.36. The standard InChI is InChI=1S/C11H13NO6/c1-16-7-5-4-6(12-11(15)18-3)8(10(13)14)9(7)17-2/h4-5H,1-3H3,(H,12,15)(H,13,14). The number of rotatable bonds is 4. The van der Waals surface area contributed by atoms with E-state index < -0.39 is 12.1 Å². The number of carbonyl (C=O) groups is 2. The van der Waals surface area contributed by atoms with Gasteiger partial charge in [-0.1, -0.05) is 0 Å². The van der Waals surface area contributed by atoms with Crippen LogP contribution in [0.15, 0.2) is 12.1 Å². The molecule has 0 spiro atoms. The lowest BCUT2D eigenvalue weighted by Crippen LogP contribution is -2.15. The van der Waals surface area contributed by atoms with Crippen LogP contribution in [0.4, 0.5) is 10.5 Å². The Morgan fingerprint density at radius 2 is 1.83 bits per heavy atom. The van der Waals surface area contributed by atoms with Crippen LogP contribution >= 0.6 is 0 Å². The molecule has 0 aliphatic rings. The quantitative estimate of drug-likeness (QED) is 0.848. The van der Waals surface area contributed by atoms with Gasteiger partial charge in [0.2, 0.25) is 0 Å². The topological polar surface area (TPSA) is 94.1 Å². The lowest BCUT2D eigenvalue weighted by atomic mass is 10.1. The predicted molar refractivity (Wildman–Crippen MR) is 62.5 cm³/mol. The summed E-state index contributed by atoms with van der Waals surface area (Å²) in [7, 11) is 3.87. The first-order chi connectivity index (χ1) is 8.54. The van der Waals surface area contributed by atoms with Crippen molar-refractivity contribution in [1.82, 2.24) is 0 Å². The van der Waals surface area contributed by atoms with E-state index in [-0.39, 0.29) is 22.7 Å². The van der Waals surface area contributed by atoms with Crippen molar-refractivity contribution in [2.75, 3.05) is 26.6 Å². The van der Waals surface area contributed by atoms with Crippen molar-refractivity contribution in [3.63, 3.8) is 0 Å². The van der Waals surface area contributed by atoms with Gasteiger partial charge in [0.15, 0.2) is 11.5 Å². The molecule has 7 heteroatoms. The second kappa shape index (κ2) is 5.76. The van der Waals surface area contributed by atoms with Crippen molar-refractivity contribution in [1.29, 1.82) is 0 Å². The SMILES string of the molecule is COC(=O)Nc1ccc(OC)c(OC)c1C(=O)O. The number of aromatic carboxylic acids is 1. The summed E-state index contributed by atoms with van der Waals surface area (Å²) in [4.78, 5) is 22.3. The van der Waals surface area contributed by atoms with Gasteiger partial charge in [-0.25, -0.2) is 9.59 Å². The maximum atomic E-state index is 11.2. The number of carboxylic acid groups (broad SMARTS) is 1. The smallest absolute Gasteiger partial charge is 0.411 e. The molecule has 0 saturated heterocycles. The largest absolute Gasteiger partial charge is 0.493 e. The molecule has 0 unspecified atom stereocenters. The summed E-state index contributed by atoms with van der Waals surface area (Å²) in [6.07, 6.45) is -0.773. The molecule has 2 N–H and O–H groups in total. The summed E-state index contributed by atoms with van der Waals surface area (Å²) in [5.74, 6) is -0.971. The maximum Gasteiger partial charge on any atom is 0.411 e. The Balaban J connectivity index is 3.34. The Labute approximate surface area is 103 Å². The molecule has 0 fully saturated rings. The van der Waals surface area contributed by atoms with E-state index in [2.05, 4.69) is 10.1 Å². The van der Waals surface area contributed by atoms with Gasteiger partial charge in [-0.2, -0.15) is 0 Å². The van der Waals surface area contributed by atoms with E-state index in [1.165, 1.54) is 33.5 Å². The molecule has 0 aromatic heterocycles. The Morgan fingerprint density at radius 3 is 2.28 bits per heavy atom. The number of hydrogen-bond acceptors (Lipinski definition) is 5. The van der Waals surface area contributed by atoms with Gasteiger partial charge < -0.3 is 19.3 Å². The normalized spacial score (nSPS) is 9.50. The number of methoxy groups -OCH3 is 3. The fraction of sp³-hybridized carbons (Fsp3) is 0.273. The molecular formula is C11H13NO6. The Morgan fingerprint density at radius 1 is 1.17 bits per heavy atom. The summed E-state index contributed by atoms with van der Waals surface area (Å²) in [5, 5.41) is 11.4. The van der Waals surface area contributed by atoms with Crippen LogP contribution < -0.4 is 14.8 Å². The minimum absolute atomic E-state index is 0.0268. The molecule has 7 nitrogen and oxygen atoms in total. The van der Waals surface area contributed by atoms with Crippen LogP contribution in [0.25, 0.3) is 0 Å². The zero-order chi connectivity index (χ0) is 13.7. The third kappa shape index (κ3) is 2.62. The first-order valence-corrected chi connectivity index (χ1v) is 4.88. The number of carboxylic acids is 1. The van der Waals surface area contributed by atoms with Gasteiger partial charge in [0.25, 0.3) is 0 Å². The zero-order valence-electron chi connectivity index (χ0n) is 10.1. The Hall–Kier alpha value is -2.44. The number of benzene rings is 1. The van der Waals surface area contributed by atoms with Crippen LogP contribution in [0.1, 0.15) is 10.4 Å². The van der Waals surface area contributed by atoms with Gasteiger partial charge in [0.05, 0.1) is 27.0 Å². The van der Waals surface area contributed by atoms with E-state index in [1.807, 2.05) is 0 Å². The molecule has 98 valence electrons. The second-order valence-corrected chi connectivity index (χ2v) is 3.15. The van der Waals surface area contributed by atoms with Gasteiger partial charge in [0, 0.05) is 0 Å². The molecule has 1 rings (SSSR count). The molecule has 0 saturated carbocycles. The van der Waals surface area contributed by atoms with Crippen molar-refractivity contribution < 1.29 is 28.9 Å². The van der Waals surface area contributed by atoms with E-state index in [0.29, 0.717) is 0 Å². The third-order valence-corrected chi connectivity index (χ3v) is 2.18. The van der Waals surface area contributed by atoms with E-state index in [4.69, 9.17) is 14.6 Å². The van der Waals surface area contributed by atoms with Crippen LogP contribution in [0, 0.1) is 0 Å². The molecule has 18 heavy (non-hydrogen) atoms. The summed E-state index contributed by atoms with van der Waals surface area (Å²) in [6, 6.07) is 2.87. The van der Waals surface area contributed by atoms with Crippen molar-refractivity contribution >= 4 is 17.7 Å². The number of amides is 1. The highest BCUT2D eigenvalue weighted by molar-refractivity contribution is 6.02. The first kappa shape index (κ1) is 13.6. The van der Waals surface area contributed by atoms with Gasteiger partial charge in [-0.3, -0.25) is 5.32 Å². The maximum absolute atomic E-state index is 11.2. The molecule has 1 aromatic carbocycles. The van der Waals surface area contributed by atoms with E-state index in [0.717, 1.165) is 0 Å². The first-order valence-electron chi connectivity index (χ1n) is 4.88. The molecule has 0 bridgehead atoms. The monoisotopic (exact) mass is 255 g/mol. The predicted octanol–water partition coefficient (Wildman–Crippen LogP) is 1.58. The highest BCUT2D eigenvalue weighted by atomic mass is 16.5. The third-order valence-electron chi connectivity index (χ3n) is 2.18. The van der Waals surface area contributed by atoms with Gasteiger partial charge in [0.1, 0.15) is 5.56 Å². The molecular weight excluding hydrogens is 242 g/mol. The second-order valence-electron chi connectivity index (χ2n) is 3.15. The minimum Gasteiger partial charge on any atom is -0.493 e. The van der Waals surface area contributed by atoms with Crippen molar-refractivity contribution in [2.24, 2.45) is 0 Å². The average Bonchev–Trinajstić information content (AvgIpc) is 2.37. The van der Waals surface area contributed by atoms with Crippen LogP contribution in [0.2, 0.25) is 0 Å². The number of ether oxygens (including phenoxy) is 3. The van der Waals surface area contributed by atoms with Gasteiger partial charge in [-0.05, 0) is 12.1 Å². The minimum atomic E-state index is -1.25. The summed E-state index contributed by atoms with van der Waals surface area (Å²) in [5.41, 5.74) is -0.144. The highest BCUT2D eigenvalue weighted by Gasteiger charge is 2.22. The Bertz CT molecular complexity index is 471. The van der Waals surface area contributed by atoms with Crippen LogP contribution in [-0.4, -0.2) is 38.5 Å². The number of nitrogens with one attached hydrogen (secondary N) is 1. The molecule has 1 amide bonds. The van der Waals surface area contributed by atoms with Crippen molar-refractivity contribution in [3.05, 3.63) is 17.7 Å². The average molecular weight is 255 g/mol. The zero-order valence-corrected chi connectivity index (χ0v) is 10.1. The van der Waals surface area contributed by atoms with Crippen LogP contribution in [0.5, 0.6) is 11.5 Å². The number of carbonyl (C=O) groups excluding carboxylic acids is 1. The molecule has 0 atom stereocenters. The molecule has 0 radical (unpaired) electrons. The van der Waals surface area contributed by atoms with Crippen LogP contribution in [-0.2, 0) is 4.74 Å². The lowest BCUT2D eigenvalue weighted by molar-refractivity contribution is 0.0694. The van der Waals surface area contributed by atoms with E-state index in [9.17, 15) is 9.59 Å². The van der Waals surface area contributed by atoms with E-state index >= 15 is 0 Å². The summed E-state index contributed by atoms with van der Waals surface area (Å²) < 4.78 is 14.4. The van der Waals surface area contributed by atoms with Crippen molar-refractivity contribution in [3.8, 4) is 11.5 Å². The Kier molecular flexibility index (Phi) is 4.36. The summed E-state index contributed by atoms with van der Waals surface area (Å²) >= 11 is 0. The fourth-order valence-corrected chi connectivity index (χ4v) is 1.40.